The first kappa shape index (κ1) is 20.2. The van der Waals surface area contributed by atoms with E-state index in [1.165, 1.54) is 4.31 Å². The first-order valence-corrected chi connectivity index (χ1v) is 11.0. The number of hydrogen-bond acceptors (Lipinski definition) is 6. The molecule has 0 aliphatic carbocycles. The highest BCUT2D eigenvalue weighted by Gasteiger charge is 2.32. The van der Waals surface area contributed by atoms with Crippen LogP contribution in [0.1, 0.15) is 21.6 Å². The Morgan fingerprint density at radius 3 is 2.40 bits per heavy atom. The number of pyridine rings is 1. The van der Waals surface area contributed by atoms with Gasteiger partial charge < -0.3 is 9.42 Å². The number of carbonyl (C=O) groups excluding carboxylic acids is 1. The van der Waals surface area contributed by atoms with Gasteiger partial charge in [-0.25, -0.2) is 8.42 Å². The van der Waals surface area contributed by atoms with Crippen molar-refractivity contribution in [2.45, 2.75) is 18.7 Å². The molecule has 1 amide bonds. The van der Waals surface area contributed by atoms with Gasteiger partial charge in [0.1, 0.15) is 0 Å². The number of carbonyl (C=O) groups is 1. The van der Waals surface area contributed by atoms with Gasteiger partial charge in [-0.1, -0.05) is 17.3 Å². The average molecular weight is 426 g/mol. The fourth-order valence-corrected chi connectivity index (χ4v) is 5.18. The predicted octanol–water partition coefficient (Wildman–Crippen LogP) is 2.50. The third-order valence-corrected chi connectivity index (χ3v) is 7.22. The van der Waals surface area contributed by atoms with Gasteiger partial charge in [0.05, 0.1) is 4.90 Å². The maximum Gasteiger partial charge on any atom is 0.276 e. The molecule has 1 aliphatic heterocycles. The van der Waals surface area contributed by atoms with E-state index in [-0.39, 0.29) is 24.7 Å². The molecule has 0 bridgehead atoms. The molecule has 0 saturated carbocycles. The number of piperazine rings is 1. The van der Waals surface area contributed by atoms with Gasteiger partial charge in [-0.2, -0.15) is 4.31 Å². The number of rotatable bonds is 4. The van der Waals surface area contributed by atoms with Crippen molar-refractivity contribution in [1.82, 2.24) is 19.3 Å². The average Bonchev–Trinajstić information content (AvgIpc) is 3.26. The lowest BCUT2D eigenvalue weighted by atomic mass is 10.2. The van der Waals surface area contributed by atoms with Crippen LogP contribution >= 0.6 is 0 Å². The van der Waals surface area contributed by atoms with E-state index < -0.39 is 10.0 Å². The highest BCUT2D eigenvalue weighted by molar-refractivity contribution is 7.89. The lowest BCUT2D eigenvalue weighted by Gasteiger charge is -2.33. The summed E-state index contributed by atoms with van der Waals surface area (Å²) < 4.78 is 32.8. The Morgan fingerprint density at radius 1 is 1.00 bits per heavy atom. The summed E-state index contributed by atoms with van der Waals surface area (Å²) >= 11 is 0. The van der Waals surface area contributed by atoms with Crippen molar-refractivity contribution in [2.75, 3.05) is 26.2 Å². The van der Waals surface area contributed by atoms with Crippen LogP contribution < -0.4 is 0 Å². The van der Waals surface area contributed by atoms with Crippen LogP contribution in [0.15, 0.2) is 58.2 Å². The largest absolute Gasteiger partial charge is 0.355 e. The van der Waals surface area contributed by atoms with Gasteiger partial charge in [0, 0.05) is 50.2 Å². The number of nitrogens with zero attached hydrogens (tertiary/aromatic N) is 4. The highest BCUT2D eigenvalue weighted by Crippen LogP contribution is 2.24. The molecule has 0 atom stereocenters. The third-order valence-electron chi connectivity index (χ3n) is 5.18. The van der Waals surface area contributed by atoms with Crippen LogP contribution in [0.5, 0.6) is 0 Å². The first-order chi connectivity index (χ1) is 14.4. The molecule has 156 valence electrons. The molecule has 4 rings (SSSR count). The van der Waals surface area contributed by atoms with E-state index in [9.17, 15) is 13.2 Å². The molecule has 0 unspecified atom stereocenters. The van der Waals surface area contributed by atoms with E-state index in [1.807, 2.05) is 19.1 Å². The normalized spacial score (nSPS) is 15.3. The van der Waals surface area contributed by atoms with Gasteiger partial charge >= 0.3 is 0 Å². The maximum atomic E-state index is 13.1. The Labute approximate surface area is 175 Å². The summed E-state index contributed by atoms with van der Waals surface area (Å²) in [6.45, 7) is 4.71. The monoisotopic (exact) mass is 426 g/mol. The maximum absolute atomic E-state index is 13.1. The molecule has 9 heteroatoms. The molecule has 0 spiro atoms. The van der Waals surface area contributed by atoms with Gasteiger partial charge in [-0.3, -0.25) is 9.78 Å². The summed E-state index contributed by atoms with van der Waals surface area (Å²) in [6, 6.07) is 10.5. The number of hydrogen-bond donors (Lipinski definition) is 0. The fourth-order valence-electron chi connectivity index (χ4n) is 3.45. The molecule has 1 aliphatic rings. The Balaban J connectivity index is 1.45. The molecule has 1 aromatic carbocycles. The third kappa shape index (κ3) is 3.86. The molecule has 1 fully saturated rings. The Bertz CT molecular complexity index is 1170. The van der Waals surface area contributed by atoms with E-state index in [0.29, 0.717) is 29.3 Å². The van der Waals surface area contributed by atoms with Crippen molar-refractivity contribution >= 4 is 15.9 Å². The summed E-state index contributed by atoms with van der Waals surface area (Å²) in [4.78, 5) is 18.7. The van der Waals surface area contributed by atoms with Crippen molar-refractivity contribution in [3.8, 4) is 11.3 Å². The van der Waals surface area contributed by atoms with Crippen LogP contribution in [-0.4, -0.2) is 59.8 Å². The summed E-state index contributed by atoms with van der Waals surface area (Å²) in [7, 11) is -3.61. The lowest BCUT2D eigenvalue weighted by molar-refractivity contribution is 0.0687. The van der Waals surface area contributed by atoms with Crippen LogP contribution in [0.3, 0.4) is 0 Å². The summed E-state index contributed by atoms with van der Waals surface area (Å²) in [5.74, 6) is 0.208. The predicted molar refractivity (Wildman–Crippen MR) is 110 cm³/mol. The van der Waals surface area contributed by atoms with E-state index >= 15 is 0 Å². The van der Waals surface area contributed by atoms with Gasteiger partial charge in [-0.05, 0) is 43.2 Å². The second-order valence-corrected chi connectivity index (χ2v) is 9.18. The Morgan fingerprint density at radius 2 is 1.70 bits per heavy atom. The number of amides is 1. The summed E-state index contributed by atoms with van der Waals surface area (Å²) in [5, 5.41) is 3.89. The minimum absolute atomic E-state index is 0.202. The first-order valence-electron chi connectivity index (χ1n) is 9.60. The molecular weight excluding hydrogens is 404 g/mol. The Hall–Kier alpha value is -3.04. The molecular formula is C21H22N4O4S. The van der Waals surface area contributed by atoms with Gasteiger partial charge in [0.15, 0.2) is 11.5 Å². The zero-order valence-corrected chi connectivity index (χ0v) is 17.6. The van der Waals surface area contributed by atoms with Gasteiger partial charge in [0.25, 0.3) is 5.91 Å². The number of aromatic nitrogens is 2. The molecule has 0 N–H and O–H groups in total. The van der Waals surface area contributed by atoms with E-state index in [1.54, 1.807) is 48.5 Å². The van der Waals surface area contributed by atoms with E-state index in [4.69, 9.17) is 4.52 Å². The van der Waals surface area contributed by atoms with Crippen LogP contribution in [0.2, 0.25) is 0 Å². The second kappa shape index (κ2) is 8.00. The number of aryl methyl sites for hydroxylation is 2. The lowest BCUT2D eigenvalue weighted by Crippen LogP contribution is -2.50. The number of sulfonamides is 1. The summed E-state index contributed by atoms with van der Waals surface area (Å²) in [6.07, 6.45) is 3.27. The molecule has 1 saturated heterocycles. The van der Waals surface area contributed by atoms with Crippen molar-refractivity contribution in [3.05, 3.63) is 65.6 Å². The van der Waals surface area contributed by atoms with Gasteiger partial charge in [-0.15, -0.1) is 0 Å². The zero-order valence-electron chi connectivity index (χ0n) is 16.8. The van der Waals surface area contributed by atoms with Crippen molar-refractivity contribution in [3.63, 3.8) is 0 Å². The highest BCUT2D eigenvalue weighted by atomic mass is 32.2. The Kier molecular flexibility index (Phi) is 5.40. The van der Waals surface area contributed by atoms with Crippen molar-refractivity contribution < 1.29 is 17.7 Å². The smallest absolute Gasteiger partial charge is 0.276 e. The zero-order chi connectivity index (χ0) is 21.3. The molecule has 0 radical (unpaired) electrons. The van der Waals surface area contributed by atoms with Crippen LogP contribution in [0.25, 0.3) is 11.3 Å². The molecule has 3 aromatic rings. The minimum atomic E-state index is -3.61. The fraction of sp³-hybridized carbons (Fsp3) is 0.286. The topological polar surface area (TPSA) is 96.6 Å². The molecule has 3 heterocycles. The van der Waals surface area contributed by atoms with Gasteiger partial charge in [0.2, 0.25) is 10.0 Å². The van der Waals surface area contributed by atoms with Crippen molar-refractivity contribution in [1.29, 1.82) is 0 Å². The standard InChI is InChI=1S/C21H22N4O4S/c1-15-3-4-16(2)20(13-15)30(27,28)25-11-9-24(10-12-25)21(26)18-14-19(29-23-18)17-5-7-22-8-6-17/h3-8,13-14H,9-12H2,1-2H3. The number of benzene rings is 1. The quantitative estimate of drug-likeness (QED) is 0.636. The van der Waals surface area contributed by atoms with Crippen molar-refractivity contribution in [2.24, 2.45) is 0 Å². The van der Waals surface area contributed by atoms with E-state index in [0.717, 1.165) is 11.1 Å². The van der Waals surface area contributed by atoms with E-state index in [2.05, 4.69) is 10.1 Å². The molecule has 2 aromatic heterocycles. The van der Waals surface area contributed by atoms with Crippen LogP contribution in [0, 0.1) is 13.8 Å². The SMILES string of the molecule is Cc1ccc(C)c(S(=O)(=O)N2CCN(C(=O)c3cc(-c4ccncc4)on3)CC2)c1. The minimum Gasteiger partial charge on any atom is -0.355 e. The summed E-state index contributed by atoms with van der Waals surface area (Å²) in [5.41, 5.74) is 2.59. The second-order valence-electron chi connectivity index (χ2n) is 7.28. The molecule has 30 heavy (non-hydrogen) atoms. The van der Waals surface area contributed by atoms with Crippen LogP contribution in [0.4, 0.5) is 0 Å². The van der Waals surface area contributed by atoms with Crippen LogP contribution in [-0.2, 0) is 10.0 Å². The molecule has 8 nitrogen and oxygen atoms in total.